The zero-order chi connectivity index (χ0) is 22.2. The van der Waals surface area contributed by atoms with Crippen molar-refractivity contribution in [2.75, 3.05) is 13.1 Å². The average Bonchev–Trinajstić information content (AvgIpc) is 2.73. The topological polar surface area (TPSA) is 123 Å². The van der Waals surface area contributed by atoms with Crippen LogP contribution in [0.2, 0.25) is 0 Å². The Balaban J connectivity index is 1.67. The maximum absolute atomic E-state index is 14.7. The molecule has 1 amide bonds. The minimum Gasteiger partial charge on any atom is -0.490 e. The highest BCUT2D eigenvalue weighted by molar-refractivity contribution is 7.89. The van der Waals surface area contributed by atoms with Crippen LogP contribution in [0, 0.1) is 5.82 Å². The molecule has 3 aromatic rings. The van der Waals surface area contributed by atoms with Crippen molar-refractivity contribution in [3.05, 3.63) is 54.5 Å². The Morgan fingerprint density at radius 3 is 2.55 bits per heavy atom. The van der Waals surface area contributed by atoms with Gasteiger partial charge in [0.25, 0.3) is 0 Å². The number of rotatable bonds is 4. The summed E-state index contributed by atoms with van der Waals surface area (Å²) in [5.74, 6) is -0.157. The van der Waals surface area contributed by atoms with E-state index in [4.69, 9.17) is 15.0 Å². The number of fused-ring (bicyclic) bond motifs is 1. The Hall–Kier alpha value is -3.24. The molecule has 3 N–H and O–H groups in total. The number of carbonyl (C=O) groups is 1. The van der Waals surface area contributed by atoms with Gasteiger partial charge in [-0.2, -0.15) is 0 Å². The van der Waals surface area contributed by atoms with E-state index in [2.05, 4.69) is 4.98 Å². The van der Waals surface area contributed by atoms with Crippen molar-refractivity contribution in [2.24, 2.45) is 5.14 Å². The van der Waals surface area contributed by atoms with E-state index in [0.29, 0.717) is 48.1 Å². The molecule has 1 saturated heterocycles. The van der Waals surface area contributed by atoms with E-state index in [1.807, 2.05) is 6.07 Å². The number of para-hydroxylation sites is 1. The third-order valence-corrected chi connectivity index (χ3v) is 6.21. The number of pyridine rings is 1. The van der Waals surface area contributed by atoms with Gasteiger partial charge in [-0.05, 0) is 24.3 Å². The molecule has 0 bridgehead atoms. The number of halogens is 1. The Bertz CT molecular complexity index is 1260. The summed E-state index contributed by atoms with van der Waals surface area (Å²) in [5, 5.41) is 14.8. The number of sulfonamides is 1. The van der Waals surface area contributed by atoms with Gasteiger partial charge < -0.3 is 14.7 Å². The van der Waals surface area contributed by atoms with Crippen molar-refractivity contribution in [3.8, 4) is 16.9 Å². The fraction of sp³-hybridized carbons (Fsp3) is 0.238. The van der Waals surface area contributed by atoms with Gasteiger partial charge in [-0.1, -0.05) is 18.2 Å². The lowest BCUT2D eigenvalue weighted by atomic mass is 10.0. The third-order valence-electron chi connectivity index (χ3n) is 5.30. The number of primary sulfonamides is 1. The summed E-state index contributed by atoms with van der Waals surface area (Å²) in [6.07, 6.45) is 1.62. The Kier molecular flexibility index (Phi) is 5.50. The average molecular weight is 445 g/mol. The molecule has 2 heterocycles. The first-order chi connectivity index (χ1) is 14.7. The molecular formula is C21H20FN3O5S. The molecule has 1 aromatic heterocycles. The van der Waals surface area contributed by atoms with Crippen molar-refractivity contribution in [2.45, 2.75) is 23.8 Å². The summed E-state index contributed by atoms with van der Waals surface area (Å²) in [6, 6.07) is 10.5. The monoisotopic (exact) mass is 445 g/mol. The number of amides is 1. The molecule has 0 spiro atoms. The van der Waals surface area contributed by atoms with E-state index in [9.17, 15) is 17.6 Å². The number of piperidine rings is 1. The molecule has 162 valence electrons. The highest BCUT2D eigenvalue weighted by atomic mass is 32.2. The predicted octanol–water partition coefficient (Wildman–Crippen LogP) is 3.21. The standard InChI is InChI=1S/C21H20FN3O5S/c22-18-12-14(31(23,28)29)4-5-15(18)16-2-1-3-17-19(6-9-24-20(16)17)30-13-7-10-25(11-8-13)21(26)27/h1-6,9,12-13H,7-8,10-11H2,(H,26,27)(H2,23,28,29). The molecule has 0 unspecified atom stereocenters. The van der Waals surface area contributed by atoms with Crippen LogP contribution in [0.5, 0.6) is 5.75 Å². The largest absolute Gasteiger partial charge is 0.490 e. The van der Waals surface area contributed by atoms with Gasteiger partial charge in [-0.15, -0.1) is 0 Å². The second-order valence-corrected chi connectivity index (χ2v) is 8.85. The Morgan fingerprint density at radius 2 is 1.90 bits per heavy atom. The van der Waals surface area contributed by atoms with Crippen LogP contribution < -0.4 is 9.88 Å². The summed E-state index contributed by atoms with van der Waals surface area (Å²) in [4.78, 5) is 16.5. The second kappa shape index (κ2) is 8.12. The maximum Gasteiger partial charge on any atom is 0.407 e. The lowest BCUT2D eigenvalue weighted by molar-refractivity contribution is 0.0902. The van der Waals surface area contributed by atoms with E-state index < -0.39 is 21.9 Å². The van der Waals surface area contributed by atoms with Gasteiger partial charge >= 0.3 is 6.09 Å². The molecule has 0 saturated carbocycles. The van der Waals surface area contributed by atoms with Gasteiger partial charge in [-0.3, -0.25) is 4.98 Å². The Labute approximate surface area is 178 Å². The first kappa shape index (κ1) is 21.0. The normalized spacial score (nSPS) is 15.2. The van der Waals surface area contributed by atoms with Crippen molar-refractivity contribution in [1.29, 1.82) is 0 Å². The number of hydrogen-bond donors (Lipinski definition) is 2. The minimum atomic E-state index is -4.02. The maximum atomic E-state index is 14.7. The van der Waals surface area contributed by atoms with Gasteiger partial charge in [0.1, 0.15) is 17.7 Å². The first-order valence-corrected chi connectivity index (χ1v) is 11.1. The predicted molar refractivity (Wildman–Crippen MR) is 112 cm³/mol. The summed E-state index contributed by atoms with van der Waals surface area (Å²) in [6.45, 7) is 0.797. The quantitative estimate of drug-likeness (QED) is 0.636. The zero-order valence-electron chi connectivity index (χ0n) is 16.4. The number of nitrogens with zero attached hydrogens (tertiary/aromatic N) is 2. The molecule has 10 heteroatoms. The van der Waals surface area contributed by atoms with E-state index in [1.165, 1.54) is 17.0 Å². The highest BCUT2D eigenvalue weighted by Gasteiger charge is 2.24. The highest BCUT2D eigenvalue weighted by Crippen LogP contribution is 2.34. The number of aromatic nitrogens is 1. The van der Waals surface area contributed by atoms with Crippen LogP contribution in [0.1, 0.15) is 12.8 Å². The van der Waals surface area contributed by atoms with Crippen LogP contribution in [0.25, 0.3) is 22.0 Å². The van der Waals surface area contributed by atoms with Gasteiger partial charge in [0, 0.05) is 48.6 Å². The summed E-state index contributed by atoms with van der Waals surface area (Å²) >= 11 is 0. The number of nitrogens with two attached hydrogens (primary N) is 1. The van der Waals surface area contributed by atoms with E-state index in [1.54, 1.807) is 24.4 Å². The van der Waals surface area contributed by atoms with E-state index in [-0.39, 0.29) is 16.6 Å². The molecule has 0 atom stereocenters. The van der Waals surface area contributed by atoms with Gasteiger partial charge in [0.05, 0.1) is 10.4 Å². The SMILES string of the molecule is NS(=O)(=O)c1ccc(-c2cccc3c(OC4CCN(C(=O)O)CC4)ccnc23)c(F)c1. The van der Waals surface area contributed by atoms with Crippen LogP contribution in [-0.4, -0.2) is 48.7 Å². The zero-order valence-corrected chi connectivity index (χ0v) is 17.2. The smallest absolute Gasteiger partial charge is 0.407 e. The summed E-state index contributed by atoms with van der Waals surface area (Å²) < 4.78 is 43.8. The van der Waals surface area contributed by atoms with Crippen LogP contribution in [0.3, 0.4) is 0 Å². The molecule has 4 rings (SSSR count). The van der Waals surface area contributed by atoms with Crippen LogP contribution in [0.4, 0.5) is 9.18 Å². The van der Waals surface area contributed by atoms with Gasteiger partial charge in [-0.25, -0.2) is 22.7 Å². The summed E-state index contributed by atoms with van der Waals surface area (Å²) in [7, 11) is -4.02. The fourth-order valence-electron chi connectivity index (χ4n) is 3.71. The summed E-state index contributed by atoms with van der Waals surface area (Å²) in [5.41, 5.74) is 1.18. The second-order valence-electron chi connectivity index (χ2n) is 7.28. The minimum absolute atomic E-state index is 0.143. The van der Waals surface area contributed by atoms with E-state index in [0.717, 1.165) is 6.07 Å². The lowest BCUT2D eigenvalue weighted by Crippen LogP contribution is -2.41. The third kappa shape index (κ3) is 4.30. The lowest BCUT2D eigenvalue weighted by Gasteiger charge is -2.30. The van der Waals surface area contributed by atoms with Crippen LogP contribution in [-0.2, 0) is 10.0 Å². The van der Waals surface area contributed by atoms with Crippen LogP contribution >= 0.6 is 0 Å². The van der Waals surface area contributed by atoms with Crippen molar-refractivity contribution in [3.63, 3.8) is 0 Å². The number of benzene rings is 2. The fourth-order valence-corrected chi connectivity index (χ4v) is 4.23. The Morgan fingerprint density at radius 1 is 1.16 bits per heavy atom. The molecule has 1 aliphatic rings. The molecule has 1 fully saturated rings. The molecule has 8 nitrogen and oxygen atoms in total. The first-order valence-electron chi connectivity index (χ1n) is 9.59. The molecule has 1 aliphatic heterocycles. The van der Waals surface area contributed by atoms with E-state index >= 15 is 0 Å². The van der Waals surface area contributed by atoms with Crippen molar-refractivity contribution in [1.82, 2.24) is 9.88 Å². The molecular weight excluding hydrogens is 425 g/mol. The number of ether oxygens (including phenoxy) is 1. The number of hydrogen-bond acceptors (Lipinski definition) is 5. The molecule has 0 aliphatic carbocycles. The van der Waals surface area contributed by atoms with Gasteiger partial charge in [0.2, 0.25) is 10.0 Å². The van der Waals surface area contributed by atoms with Gasteiger partial charge in [0.15, 0.2) is 0 Å². The molecule has 2 aromatic carbocycles. The number of carboxylic acid groups (broad SMARTS) is 1. The molecule has 31 heavy (non-hydrogen) atoms. The van der Waals surface area contributed by atoms with Crippen molar-refractivity contribution < 1.29 is 27.4 Å². The molecule has 0 radical (unpaired) electrons. The van der Waals surface area contributed by atoms with Crippen LogP contribution in [0.15, 0.2) is 53.6 Å². The van der Waals surface area contributed by atoms with Crippen molar-refractivity contribution >= 4 is 27.0 Å². The number of likely N-dealkylation sites (tertiary alicyclic amines) is 1.